The number of nitrogens with zero attached hydrogens (tertiary/aromatic N) is 3. The summed E-state index contributed by atoms with van der Waals surface area (Å²) >= 11 is 0. The van der Waals surface area contributed by atoms with Crippen molar-refractivity contribution in [2.45, 2.75) is 39.7 Å². The number of para-hydroxylation sites is 1. The molecule has 1 aliphatic heterocycles. The summed E-state index contributed by atoms with van der Waals surface area (Å²) in [5.74, 6) is 1.35. The fourth-order valence-electron chi connectivity index (χ4n) is 3.37. The van der Waals surface area contributed by atoms with Crippen molar-refractivity contribution in [1.29, 1.82) is 0 Å². The van der Waals surface area contributed by atoms with E-state index in [-0.39, 0.29) is 11.9 Å². The zero-order chi connectivity index (χ0) is 17.8. The molecule has 1 aromatic carbocycles. The highest BCUT2D eigenvalue weighted by Crippen LogP contribution is 2.22. The quantitative estimate of drug-likeness (QED) is 0.833. The Labute approximate surface area is 149 Å². The second-order valence-corrected chi connectivity index (χ2v) is 7.10. The summed E-state index contributed by atoms with van der Waals surface area (Å²) in [5.41, 5.74) is 1.67. The van der Waals surface area contributed by atoms with Crippen LogP contribution in [0.4, 0.5) is 0 Å². The van der Waals surface area contributed by atoms with E-state index in [1.54, 1.807) is 6.20 Å². The number of carbonyl (C=O) groups is 1. The van der Waals surface area contributed by atoms with Gasteiger partial charge >= 0.3 is 0 Å². The van der Waals surface area contributed by atoms with E-state index in [4.69, 9.17) is 4.74 Å². The molecule has 1 aromatic heterocycles. The van der Waals surface area contributed by atoms with Crippen LogP contribution < -0.4 is 4.74 Å². The molecule has 1 aliphatic rings. The summed E-state index contributed by atoms with van der Waals surface area (Å²) in [7, 11) is 0. The third-order valence-electron chi connectivity index (χ3n) is 4.71. The summed E-state index contributed by atoms with van der Waals surface area (Å²) in [6, 6.07) is 10.0. The molecule has 5 nitrogen and oxygen atoms in total. The number of benzene rings is 1. The first kappa shape index (κ1) is 17.5. The van der Waals surface area contributed by atoms with Crippen molar-refractivity contribution in [2.24, 2.45) is 5.92 Å². The lowest BCUT2D eigenvalue weighted by Gasteiger charge is -2.33. The maximum absolute atomic E-state index is 13.1. The Morgan fingerprint density at radius 2 is 2.08 bits per heavy atom. The normalized spacial score (nSPS) is 17.8. The highest BCUT2D eigenvalue weighted by Gasteiger charge is 2.28. The van der Waals surface area contributed by atoms with E-state index in [0.717, 1.165) is 42.9 Å². The Morgan fingerprint density at radius 1 is 1.32 bits per heavy atom. The fourth-order valence-corrected chi connectivity index (χ4v) is 3.37. The van der Waals surface area contributed by atoms with Gasteiger partial charge in [-0.3, -0.25) is 9.48 Å². The lowest BCUT2D eigenvalue weighted by Crippen LogP contribution is -2.42. The number of carbonyl (C=O) groups excluding carboxylic acids is 1. The summed E-state index contributed by atoms with van der Waals surface area (Å²) < 4.78 is 7.73. The monoisotopic (exact) mass is 341 g/mol. The molecule has 5 heteroatoms. The number of piperidine rings is 1. The van der Waals surface area contributed by atoms with Gasteiger partial charge in [-0.15, -0.1) is 0 Å². The Hall–Kier alpha value is -2.30. The van der Waals surface area contributed by atoms with Crippen LogP contribution in [0.5, 0.6) is 5.75 Å². The Kier molecular flexibility index (Phi) is 5.41. The zero-order valence-corrected chi connectivity index (χ0v) is 15.3. The van der Waals surface area contributed by atoms with Crippen molar-refractivity contribution >= 4 is 5.91 Å². The van der Waals surface area contributed by atoms with Gasteiger partial charge in [-0.25, -0.2) is 0 Å². The van der Waals surface area contributed by atoms with E-state index < -0.39 is 0 Å². The van der Waals surface area contributed by atoms with E-state index >= 15 is 0 Å². The zero-order valence-electron chi connectivity index (χ0n) is 15.3. The molecule has 134 valence electrons. The van der Waals surface area contributed by atoms with E-state index in [1.165, 1.54) is 0 Å². The van der Waals surface area contributed by atoms with E-state index in [0.29, 0.717) is 12.5 Å². The number of aromatic nitrogens is 2. The van der Waals surface area contributed by atoms with Gasteiger partial charge in [0.25, 0.3) is 5.91 Å². The SMILES string of the molecule is Cc1cnn(C(C)C)c1C(=O)N1CCCC(COc2ccccc2)C1. The van der Waals surface area contributed by atoms with Gasteiger partial charge in [-0.05, 0) is 45.7 Å². The Balaban J connectivity index is 1.65. The molecule has 2 heterocycles. The molecule has 2 aromatic rings. The van der Waals surface area contributed by atoms with Crippen LogP contribution in [0.1, 0.15) is 48.8 Å². The fraction of sp³-hybridized carbons (Fsp3) is 0.500. The minimum absolute atomic E-state index is 0.0908. The number of hydrogen-bond acceptors (Lipinski definition) is 3. The van der Waals surface area contributed by atoms with Crippen LogP contribution in [0.25, 0.3) is 0 Å². The molecular formula is C20H27N3O2. The second kappa shape index (κ2) is 7.72. The lowest BCUT2D eigenvalue weighted by atomic mass is 9.98. The van der Waals surface area contributed by atoms with Gasteiger partial charge in [-0.1, -0.05) is 18.2 Å². The van der Waals surface area contributed by atoms with Gasteiger partial charge in [-0.2, -0.15) is 5.10 Å². The smallest absolute Gasteiger partial charge is 0.272 e. The predicted octanol–water partition coefficient (Wildman–Crippen LogP) is 3.70. The van der Waals surface area contributed by atoms with Crippen molar-refractivity contribution in [1.82, 2.24) is 14.7 Å². The molecule has 1 unspecified atom stereocenters. The summed E-state index contributed by atoms with van der Waals surface area (Å²) in [6.07, 6.45) is 3.90. The molecule has 3 rings (SSSR count). The standard InChI is InChI=1S/C20H27N3O2/c1-15(2)23-19(16(3)12-21-23)20(24)22-11-7-8-17(13-22)14-25-18-9-5-4-6-10-18/h4-6,9-10,12,15,17H,7-8,11,13-14H2,1-3H3. The predicted molar refractivity (Wildman–Crippen MR) is 97.9 cm³/mol. The summed E-state index contributed by atoms with van der Waals surface area (Å²) in [6.45, 7) is 8.26. The Morgan fingerprint density at radius 3 is 2.80 bits per heavy atom. The number of hydrogen-bond donors (Lipinski definition) is 0. The number of aryl methyl sites for hydroxylation is 1. The van der Waals surface area contributed by atoms with Gasteiger partial charge in [0, 0.05) is 30.6 Å². The average Bonchev–Trinajstić information content (AvgIpc) is 3.02. The van der Waals surface area contributed by atoms with Crippen molar-refractivity contribution < 1.29 is 9.53 Å². The topological polar surface area (TPSA) is 47.4 Å². The van der Waals surface area contributed by atoms with Gasteiger partial charge in [0.15, 0.2) is 0 Å². The van der Waals surface area contributed by atoms with Crippen LogP contribution in [0.2, 0.25) is 0 Å². The minimum Gasteiger partial charge on any atom is -0.493 e. The van der Waals surface area contributed by atoms with Crippen LogP contribution >= 0.6 is 0 Å². The molecule has 25 heavy (non-hydrogen) atoms. The first-order valence-electron chi connectivity index (χ1n) is 9.07. The van der Waals surface area contributed by atoms with Crippen molar-refractivity contribution in [3.05, 3.63) is 47.8 Å². The van der Waals surface area contributed by atoms with Crippen LogP contribution in [0.15, 0.2) is 36.5 Å². The van der Waals surface area contributed by atoms with E-state index in [2.05, 4.69) is 18.9 Å². The maximum atomic E-state index is 13.1. The van der Waals surface area contributed by atoms with Gasteiger partial charge in [0.05, 0.1) is 12.8 Å². The molecule has 0 radical (unpaired) electrons. The van der Waals surface area contributed by atoms with E-state index in [1.807, 2.05) is 46.8 Å². The first-order chi connectivity index (χ1) is 12.1. The number of rotatable bonds is 5. The molecular weight excluding hydrogens is 314 g/mol. The van der Waals surface area contributed by atoms with Crippen LogP contribution in [-0.4, -0.2) is 40.3 Å². The molecule has 0 N–H and O–H groups in total. The molecule has 0 saturated carbocycles. The molecule has 1 saturated heterocycles. The highest BCUT2D eigenvalue weighted by atomic mass is 16.5. The molecule has 0 spiro atoms. The van der Waals surface area contributed by atoms with Crippen molar-refractivity contribution in [2.75, 3.05) is 19.7 Å². The highest BCUT2D eigenvalue weighted by molar-refractivity contribution is 5.94. The first-order valence-corrected chi connectivity index (χ1v) is 9.07. The van der Waals surface area contributed by atoms with Gasteiger partial charge in [0.1, 0.15) is 11.4 Å². The lowest BCUT2D eigenvalue weighted by molar-refractivity contribution is 0.0618. The molecule has 0 aliphatic carbocycles. The molecule has 1 fully saturated rings. The largest absolute Gasteiger partial charge is 0.493 e. The van der Waals surface area contributed by atoms with E-state index in [9.17, 15) is 4.79 Å². The Bertz CT molecular complexity index is 709. The second-order valence-electron chi connectivity index (χ2n) is 7.10. The third-order valence-corrected chi connectivity index (χ3v) is 4.71. The number of ether oxygens (including phenoxy) is 1. The molecule has 0 bridgehead atoms. The van der Waals surface area contributed by atoms with Crippen molar-refractivity contribution in [3.8, 4) is 5.75 Å². The van der Waals surface area contributed by atoms with Crippen LogP contribution in [-0.2, 0) is 0 Å². The maximum Gasteiger partial charge on any atom is 0.272 e. The minimum atomic E-state index is 0.0908. The van der Waals surface area contributed by atoms with Crippen LogP contribution in [0.3, 0.4) is 0 Å². The average molecular weight is 341 g/mol. The van der Waals surface area contributed by atoms with Crippen molar-refractivity contribution in [3.63, 3.8) is 0 Å². The summed E-state index contributed by atoms with van der Waals surface area (Å²) in [5, 5.41) is 4.37. The van der Waals surface area contributed by atoms with Gasteiger partial charge in [0.2, 0.25) is 0 Å². The number of amides is 1. The number of likely N-dealkylation sites (tertiary alicyclic amines) is 1. The molecule has 1 atom stereocenters. The van der Waals surface area contributed by atoms with Crippen LogP contribution in [0, 0.1) is 12.8 Å². The third kappa shape index (κ3) is 4.03. The summed E-state index contributed by atoms with van der Waals surface area (Å²) in [4.78, 5) is 15.0. The molecule has 1 amide bonds. The van der Waals surface area contributed by atoms with Gasteiger partial charge < -0.3 is 9.64 Å².